The van der Waals surface area contributed by atoms with Crippen molar-refractivity contribution in [2.24, 2.45) is 0 Å². The van der Waals surface area contributed by atoms with E-state index in [0.29, 0.717) is 23.5 Å². The molecule has 0 unspecified atom stereocenters. The normalized spacial score (nSPS) is 11.0. The quantitative estimate of drug-likeness (QED) is 0.867. The van der Waals surface area contributed by atoms with Crippen LogP contribution in [0.2, 0.25) is 0 Å². The van der Waals surface area contributed by atoms with E-state index in [1.807, 2.05) is 24.3 Å². The molecule has 0 fully saturated rings. The van der Waals surface area contributed by atoms with Crippen molar-refractivity contribution in [3.8, 4) is 5.75 Å². The van der Waals surface area contributed by atoms with Crippen molar-refractivity contribution in [1.82, 2.24) is 5.32 Å². The fraction of sp³-hybridized carbons (Fsp3) is 0.235. The number of para-hydroxylation sites is 1. The molecule has 7 heteroatoms. The number of nitrogens with zero attached hydrogens (tertiary/aromatic N) is 1. The van der Waals surface area contributed by atoms with Crippen LogP contribution in [0.3, 0.4) is 0 Å². The van der Waals surface area contributed by atoms with Gasteiger partial charge in [0.05, 0.1) is 19.1 Å². The zero-order valence-electron chi connectivity index (χ0n) is 13.8. The summed E-state index contributed by atoms with van der Waals surface area (Å²) < 4.78 is 29.4. The van der Waals surface area contributed by atoms with Gasteiger partial charge < -0.3 is 10.1 Å². The Labute approximate surface area is 142 Å². The maximum atomic E-state index is 12.2. The number of anilines is 1. The van der Waals surface area contributed by atoms with Crippen LogP contribution < -0.4 is 14.4 Å². The minimum absolute atomic E-state index is 0.241. The number of sulfonamides is 1. The minimum Gasteiger partial charge on any atom is -0.496 e. The predicted octanol–water partition coefficient (Wildman–Crippen LogP) is 2.02. The molecule has 6 nitrogen and oxygen atoms in total. The molecule has 1 amide bonds. The Hall–Kier alpha value is -2.54. The summed E-state index contributed by atoms with van der Waals surface area (Å²) >= 11 is 0. The number of rotatable bonds is 6. The first-order chi connectivity index (χ1) is 11.3. The summed E-state index contributed by atoms with van der Waals surface area (Å²) in [6, 6.07) is 13.8. The molecule has 0 saturated carbocycles. The van der Waals surface area contributed by atoms with Crippen LogP contribution in [0.15, 0.2) is 48.5 Å². The van der Waals surface area contributed by atoms with Crippen molar-refractivity contribution in [3.63, 3.8) is 0 Å². The van der Waals surface area contributed by atoms with E-state index in [1.165, 1.54) is 7.05 Å². The third-order valence-corrected chi connectivity index (χ3v) is 4.83. The van der Waals surface area contributed by atoms with Gasteiger partial charge in [0.25, 0.3) is 5.91 Å². The first-order valence-electron chi connectivity index (χ1n) is 7.27. The average Bonchev–Trinajstić information content (AvgIpc) is 2.58. The average molecular weight is 348 g/mol. The maximum absolute atomic E-state index is 12.2. The Bertz CT molecular complexity index is 817. The number of amides is 1. The molecule has 0 radical (unpaired) electrons. The summed E-state index contributed by atoms with van der Waals surface area (Å²) in [4.78, 5) is 12.2. The van der Waals surface area contributed by atoms with E-state index in [1.54, 1.807) is 31.4 Å². The van der Waals surface area contributed by atoms with Gasteiger partial charge in [-0.15, -0.1) is 0 Å². The molecule has 0 heterocycles. The molecule has 0 aliphatic heterocycles. The molecule has 128 valence electrons. The number of ether oxygens (including phenoxy) is 1. The molecule has 0 aliphatic carbocycles. The second-order valence-corrected chi connectivity index (χ2v) is 7.29. The van der Waals surface area contributed by atoms with E-state index >= 15 is 0 Å². The molecule has 0 saturated heterocycles. The summed E-state index contributed by atoms with van der Waals surface area (Å²) in [6.45, 7) is 0.341. The summed E-state index contributed by atoms with van der Waals surface area (Å²) in [7, 11) is -0.279. The number of methoxy groups -OCH3 is 1. The molecule has 0 aromatic heterocycles. The summed E-state index contributed by atoms with van der Waals surface area (Å²) in [5, 5.41) is 2.82. The second-order valence-electron chi connectivity index (χ2n) is 5.27. The van der Waals surface area contributed by atoms with E-state index in [9.17, 15) is 13.2 Å². The number of benzene rings is 2. The van der Waals surface area contributed by atoms with E-state index in [2.05, 4.69) is 5.32 Å². The molecule has 0 atom stereocenters. The van der Waals surface area contributed by atoms with Crippen molar-refractivity contribution in [2.45, 2.75) is 6.54 Å². The standard InChI is InChI=1S/C17H20N2O4S/c1-19(24(3,21)22)15-10-8-13(9-11-15)17(20)18-12-14-6-4-5-7-16(14)23-2/h4-11H,12H2,1-3H3,(H,18,20). The molecule has 0 aliphatic rings. The van der Waals surface area contributed by atoms with Crippen LogP contribution in [0.4, 0.5) is 5.69 Å². The third-order valence-electron chi connectivity index (χ3n) is 3.62. The molecular formula is C17H20N2O4S. The Kier molecular flexibility index (Phi) is 5.46. The Morgan fingerprint density at radius 2 is 1.75 bits per heavy atom. The van der Waals surface area contributed by atoms with Gasteiger partial charge in [0.2, 0.25) is 10.0 Å². The molecule has 2 aromatic rings. The van der Waals surface area contributed by atoms with E-state index < -0.39 is 10.0 Å². The zero-order chi connectivity index (χ0) is 17.7. The molecule has 0 bridgehead atoms. The van der Waals surface area contributed by atoms with Crippen LogP contribution in [0.1, 0.15) is 15.9 Å². The number of carbonyl (C=O) groups is 1. The second kappa shape index (κ2) is 7.35. The van der Waals surface area contributed by atoms with Gasteiger partial charge in [0.15, 0.2) is 0 Å². The van der Waals surface area contributed by atoms with Crippen LogP contribution in [-0.4, -0.2) is 34.7 Å². The SMILES string of the molecule is COc1ccccc1CNC(=O)c1ccc(N(C)S(C)(=O)=O)cc1. The van der Waals surface area contributed by atoms with E-state index in [-0.39, 0.29) is 5.91 Å². The van der Waals surface area contributed by atoms with Crippen molar-refractivity contribution in [3.05, 3.63) is 59.7 Å². The summed E-state index contributed by atoms with van der Waals surface area (Å²) in [5.74, 6) is 0.470. The van der Waals surface area contributed by atoms with Gasteiger partial charge in [0.1, 0.15) is 5.75 Å². The summed E-state index contributed by atoms with van der Waals surface area (Å²) in [5.41, 5.74) is 1.83. The smallest absolute Gasteiger partial charge is 0.251 e. The largest absolute Gasteiger partial charge is 0.496 e. The van der Waals surface area contributed by atoms with Crippen LogP contribution in [0, 0.1) is 0 Å². The third kappa shape index (κ3) is 4.26. The Balaban J connectivity index is 2.05. The monoisotopic (exact) mass is 348 g/mol. The van der Waals surface area contributed by atoms with Crippen molar-refractivity contribution < 1.29 is 17.9 Å². The molecular weight excluding hydrogens is 328 g/mol. The fourth-order valence-electron chi connectivity index (χ4n) is 2.14. The molecule has 2 rings (SSSR count). The first-order valence-corrected chi connectivity index (χ1v) is 9.12. The minimum atomic E-state index is -3.32. The molecule has 24 heavy (non-hydrogen) atoms. The highest BCUT2D eigenvalue weighted by atomic mass is 32.2. The van der Waals surface area contributed by atoms with Crippen LogP contribution in [-0.2, 0) is 16.6 Å². The van der Waals surface area contributed by atoms with Gasteiger partial charge >= 0.3 is 0 Å². The van der Waals surface area contributed by atoms with Crippen LogP contribution >= 0.6 is 0 Å². The van der Waals surface area contributed by atoms with Crippen molar-refractivity contribution in [1.29, 1.82) is 0 Å². The Morgan fingerprint density at radius 3 is 2.33 bits per heavy atom. The van der Waals surface area contributed by atoms with Gasteiger partial charge in [-0.2, -0.15) is 0 Å². The lowest BCUT2D eigenvalue weighted by Gasteiger charge is -2.16. The first kappa shape index (κ1) is 17.8. The number of carbonyl (C=O) groups excluding carboxylic acids is 1. The van der Waals surface area contributed by atoms with Crippen molar-refractivity contribution in [2.75, 3.05) is 24.7 Å². The number of hydrogen-bond donors (Lipinski definition) is 1. The number of nitrogens with one attached hydrogen (secondary N) is 1. The van der Waals surface area contributed by atoms with Crippen molar-refractivity contribution >= 4 is 21.6 Å². The highest BCUT2D eigenvalue weighted by Gasteiger charge is 2.13. The molecule has 0 spiro atoms. The van der Waals surface area contributed by atoms with Gasteiger partial charge in [-0.1, -0.05) is 18.2 Å². The molecule has 1 N–H and O–H groups in total. The summed E-state index contributed by atoms with van der Waals surface area (Å²) in [6.07, 6.45) is 1.13. The lowest BCUT2D eigenvalue weighted by Crippen LogP contribution is -2.25. The maximum Gasteiger partial charge on any atom is 0.251 e. The van der Waals surface area contributed by atoms with E-state index in [0.717, 1.165) is 16.1 Å². The van der Waals surface area contributed by atoms with Gasteiger partial charge in [-0.05, 0) is 30.3 Å². The van der Waals surface area contributed by atoms with Gasteiger partial charge in [0, 0.05) is 24.7 Å². The van der Waals surface area contributed by atoms with Gasteiger partial charge in [-0.3, -0.25) is 9.10 Å². The highest BCUT2D eigenvalue weighted by molar-refractivity contribution is 7.92. The molecule has 2 aromatic carbocycles. The predicted molar refractivity (Wildman–Crippen MR) is 93.9 cm³/mol. The van der Waals surface area contributed by atoms with Crippen LogP contribution in [0.5, 0.6) is 5.75 Å². The lowest BCUT2D eigenvalue weighted by atomic mass is 10.1. The zero-order valence-corrected chi connectivity index (χ0v) is 14.6. The fourth-order valence-corrected chi connectivity index (χ4v) is 2.65. The van der Waals surface area contributed by atoms with Gasteiger partial charge in [-0.25, -0.2) is 8.42 Å². The lowest BCUT2D eigenvalue weighted by molar-refractivity contribution is 0.0950. The van der Waals surface area contributed by atoms with E-state index in [4.69, 9.17) is 4.74 Å². The van der Waals surface area contributed by atoms with Crippen LogP contribution in [0.25, 0.3) is 0 Å². The highest BCUT2D eigenvalue weighted by Crippen LogP contribution is 2.18. The topological polar surface area (TPSA) is 75.7 Å². The number of hydrogen-bond acceptors (Lipinski definition) is 4. The Morgan fingerprint density at radius 1 is 1.12 bits per heavy atom.